The first-order chi connectivity index (χ1) is 23.8. The second-order valence-corrected chi connectivity index (χ2v) is 14.3. The van der Waals surface area contributed by atoms with Gasteiger partial charge in [-0.3, -0.25) is 29.4 Å². The van der Waals surface area contributed by atoms with Gasteiger partial charge < -0.3 is 19.4 Å². The molecule has 3 saturated heterocycles. The van der Waals surface area contributed by atoms with E-state index in [4.69, 9.17) is 9.47 Å². The highest BCUT2D eigenvalue weighted by Gasteiger charge is 2.39. The van der Waals surface area contributed by atoms with Crippen molar-refractivity contribution in [3.8, 4) is 17.6 Å². The van der Waals surface area contributed by atoms with Gasteiger partial charge in [0, 0.05) is 54.7 Å². The third-order valence-corrected chi connectivity index (χ3v) is 11.1. The summed E-state index contributed by atoms with van der Waals surface area (Å²) in [6.45, 7) is 4.48. The van der Waals surface area contributed by atoms with Gasteiger partial charge in [-0.2, -0.15) is 11.8 Å². The maximum Gasteiger partial charge on any atom is 0.261 e. The number of piperidine rings is 2. The molecule has 5 heterocycles. The number of hydrogen-bond donors (Lipinski definition) is 2. The van der Waals surface area contributed by atoms with Gasteiger partial charge in [0.25, 0.3) is 11.5 Å². The topological polar surface area (TPSA) is 134 Å². The second kappa shape index (κ2) is 14.7. The van der Waals surface area contributed by atoms with Crippen LogP contribution < -0.4 is 15.6 Å². The smallest absolute Gasteiger partial charge is 0.261 e. The van der Waals surface area contributed by atoms with Crippen LogP contribution in [0.5, 0.6) is 5.75 Å². The largest absolute Gasteiger partial charge is 0.493 e. The SMILES string of the molecule is O=C1CCC(N2Cc3c(C#CCN4CCC(COc5cc(F)c6c(=O)[nH]c(CSC7CCOCC7)nc6c5)CC4)cccc3C2=O)C(=O)N1. The molecule has 49 heavy (non-hydrogen) atoms. The molecule has 2 N–H and O–H groups in total. The second-order valence-electron chi connectivity index (χ2n) is 13.0. The van der Waals surface area contributed by atoms with Crippen molar-refractivity contribution in [2.45, 2.75) is 62.1 Å². The lowest BCUT2D eigenvalue weighted by atomic mass is 9.98. The molecule has 0 saturated carbocycles. The summed E-state index contributed by atoms with van der Waals surface area (Å²) in [4.78, 5) is 60.9. The Balaban J connectivity index is 0.910. The Hall–Kier alpha value is -4.25. The van der Waals surface area contributed by atoms with Crippen molar-refractivity contribution in [2.24, 2.45) is 5.92 Å². The number of aromatic amines is 1. The number of hydrogen-bond acceptors (Lipinski definition) is 9. The lowest BCUT2D eigenvalue weighted by Gasteiger charge is -2.30. The van der Waals surface area contributed by atoms with E-state index < -0.39 is 23.3 Å². The van der Waals surface area contributed by atoms with Gasteiger partial charge in [-0.05, 0) is 68.8 Å². The molecule has 0 aliphatic carbocycles. The van der Waals surface area contributed by atoms with Crippen LogP contribution in [0.4, 0.5) is 4.39 Å². The number of rotatable bonds is 8. The van der Waals surface area contributed by atoms with E-state index in [0.717, 1.165) is 63.1 Å². The van der Waals surface area contributed by atoms with Gasteiger partial charge in [0.1, 0.15) is 28.8 Å². The van der Waals surface area contributed by atoms with E-state index in [9.17, 15) is 23.6 Å². The molecule has 0 radical (unpaired) electrons. The van der Waals surface area contributed by atoms with Crippen molar-refractivity contribution in [1.29, 1.82) is 0 Å². The first kappa shape index (κ1) is 33.3. The molecule has 3 amide bonds. The molecule has 4 aliphatic rings. The molecule has 13 heteroatoms. The Bertz CT molecular complexity index is 1890. The van der Waals surface area contributed by atoms with Crippen molar-refractivity contribution in [3.05, 3.63) is 69.0 Å². The number of likely N-dealkylation sites (tertiary alicyclic amines) is 1. The van der Waals surface area contributed by atoms with E-state index in [-0.39, 0.29) is 23.6 Å². The molecule has 7 rings (SSSR count). The monoisotopic (exact) mass is 687 g/mol. The van der Waals surface area contributed by atoms with Crippen LogP contribution in [0.15, 0.2) is 35.1 Å². The van der Waals surface area contributed by atoms with Crippen molar-refractivity contribution in [3.63, 3.8) is 0 Å². The zero-order valence-corrected chi connectivity index (χ0v) is 27.9. The lowest BCUT2D eigenvalue weighted by Crippen LogP contribution is -2.52. The Morgan fingerprint density at radius 2 is 1.88 bits per heavy atom. The molecule has 3 aromatic rings. The minimum Gasteiger partial charge on any atom is -0.493 e. The molecule has 1 atom stereocenters. The summed E-state index contributed by atoms with van der Waals surface area (Å²) in [6, 6.07) is 7.72. The summed E-state index contributed by atoms with van der Waals surface area (Å²) in [5.41, 5.74) is 1.96. The van der Waals surface area contributed by atoms with E-state index >= 15 is 0 Å². The fourth-order valence-electron chi connectivity index (χ4n) is 6.91. The van der Waals surface area contributed by atoms with Crippen molar-refractivity contribution >= 4 is 40.4 Å². The number of imide groups is 1. The Morgan fingerprint density at radius 1 is 1.06 bits per heavy atom. The minimum absolute atomic E-state index is 0.0553. The van der Waals surface area contributed by atoms with E-state index in [1.807, 2.05) is 12.1 Å². The number of H-pyrrole nitrogens is 1. The quantitative estimate of drug-likeness (QED) is 0.270. The number of amides is 3. The fourth-order valence-corrected chi connectivity index (χ4v) is 7.97. The van der Waals surface area contributed by atoms with Crippen LogP contribution >= 0.6 is 11.8 Å². The van der Waals surface area contributed by atoms with Crippen LogP contribution in [0.3, 0.4) is 0 Å². The van der Waals surface area contributed by atoms with Crippen LogP contribution in [0, 0.1) is 23.6 Å². The molecule has 256 valence electrons. The Labute approximate surface area is 287 Å². The average Bonchev–Trinajstić information content (AvgIpc) is 3.43. The number of nitrogens with zero attached hydrogens (tertiary/aromatic N) is 3. The molecular formula is C36H38FN5O6S. The van der Waals surface area contributed by atoms with Crippen molar-refractivity contribution in [2.75, 3.05) is 39.5 Å². The highest BCUT2D eigenvalue weighted by Crippen LogP contribution is 2.30. The maximum absolute atomic E-state index is 15.0. The predicted octanol–water partition coefficient (Wildman–Crippen LogP) is 3.38. The number of carbonyl (C=O) groups excluding carboxylic acids is 3. The summed E-state index contributed by atoms with van der Waals surface area (Å²) >= 11 is 1.73. The van der Waals surface area contributed by atoms with Gasteiger partial charge in [0.2, 0.25) is 11.8 Å². The third-order valence-electron chi connectivity index (χ3n) is 9.71. The fraction of sp³-hybridized carbons (Fsp3) is 0.472. The maximum atomic E-state index is 15.0. The number of fused-ring (bicyclic) bond motifs is 2. The number of benzene rings is 2. The Morgan fingerprint density at radius 3 is 2.67 bits per heavy atom. The van der Waals surface area contributed by atoms with Gasteiger partial charge >= 0.3 is 0 Å². The number of halogens is 1. The summed E-state index contributed by atoms with van der Waals surface area (Å²) < 4.78 is 26.4. The first-order valence-corrected chi connectivity index (χ1v) is 17.9. The van der Waals surface area contributed by atoms with Gasteiger partial charge in [-0.15, -0.1) is 0 Å². The molecule has 0 spiro atoms. The third kappa shape index (κ3) is 7.51. The van der Waals surface area contributed by atoms with E-state index in [2.05, 4.69) is 32.0 Å². The number of carbonyl (C=O) groups is 3. The van der Waals surface area contributed by atoms with E-state index in [0.29, 0.717) is 65.7 Å². The molecule has 3 fully saturated rings. The number of ether oxygens (including phenoxy) is 2. The number of aromatic nitrogens is 2. The van der Waals surface area contributed by atoms with E-state index in [1.165, 1.54) is 6.07 Å². The highest BCUT2D eigenvalue weighted by atomic mass is 32.2. The first-order valence-electron chi connectivity index (χ1n) is 16.8. The predicted molar refractivity (Wildman–Crippen MR) is 181 cm³/mol. The zero-order chi connectivity index (χ0) is 33.9. The molecule has 1 aromatic heterocycles. The minimum atomic E-state index is -0.658. The highest BCUT2D eigenvalue weighted by molar-refractivity contribution is 7.99. The normalized spacial score (nSPS) is 20.6. The lowest BCUT2D eigenvalue weighted by molar-refractivity contribution is -0.136. The summed E-state index contributed by atoms with van der Waals surface area (Å²) in [6.07, 6.45) is 4.27. The molecular weight excluding hydrogens is 649 g/mol. The van der Waals surface area contributed by atoms with Crippen LogP contribution in [-0.2, 0) is 26.6 Å². The summed E-state index contributed by atoms with van der Waals surface area (Å²) in [5, 5.41) is 2.74. The van der Waals surface area contributed by atoms with Crippen LogP contribution in [-0.4, -0.2) is 88.2 Å². The van der Waals surface area contributed by atoms with Crippen molar-refractivity contribution < 1.29 is 28.2 Å². The molecule has 11 nitrogen and oxygen atoms in total. The molecule has 2 aromatic carbocycles. The molecule has 1 unspecified atom stereocenters. The van der Waals surface area contributed by atoms with Gasteiger partial charge in [-0.25, -0.2) is 9.37 Å². The van der Waals surface area contributed by atoms with Crippen LogP contribution in [0.2, 0.25) is 0 Å². The van der Waals surface area contributed by atoms with Crippen molar-refractivity contribution in [1.82, 2.24) is 25.1 Å². The molecule has 0 bridgehead atoms. The standard InChI is InChI=1S/C36H38FN5O6S/c37-28-17-24(18-29-33(28)35(45)39-31(38-29)21-49-25-10-15-47-16-11-25)48-20-22-8-13-41(14-9-22)12-2-4-23-3-1-5-26-27(23)19-42(36(26)46)30-6-7-32(43)40-34(30)44/h1,3,5,17-18,22,25,30H,6-16,19-21H2,(H,38,39,45)(H,40,43,44). The number of thioether (sulfide) groups is 1. The van der Waals surface area contributed by atoms with Gasteiger partial charge in [0.05, 0.1) is 24.4 Å². The Kier molecular flexibility index (Phi) is 9.98. The van der Waals surface area contributed by atoms with Gasteiger partial charge in [0.15, 0.2) is 0 Å². The summed E-state index contributed by atoms with van der Waals surface area (Å²) in [7, 11) is 0. The van der Waals surface area contributed by atoms with E-state index in [1.54, 1.807) is 28.8 Å². The average molecular weight is 688 g/mol. The van der Waals surface area contributed by atoms with Gasteiger partial charge in [-0.1, -0.05) is 17.9 Å². The van der Waals surface area contributed by atoms with Crippen LogP contribution in [0.1, 0.15) is 65.8 Å². The zero-order valence-electron chi connectivity index (χ0n) is 27.1. The molecule has 4 aliphatic heterocycles. The van der Waals surface area contributed by atoms with Crippen LogP contribution in [0.25, 0.3) is 10.9 Å². The number of nitrogens with one attached hydrogen (secondary N) is 2. The summed E-state index contributed by atoms with van der Waals surface area (Å²) in [5.74, 6) is 6.65.